The fraction of sp³-hybridized carbons (Fsp3) is 0.516. The molecule has 3 amide bonds. The Bertz CT molecular complexity index is 1180. The summed E-state index contributed by atoms with van der Waals surface area (Å²) in [6.07, 6.45) is 5.69. The number of amides is 3. The molecule has 202 valence electrons. The lowest BCUT2D eigenvalue weighted by Crippen LogP contribution is -2.56. The van der Waals surface area contributed by atoms with Gasteiger partial charge in [0.25, 0.3) is 0 Å². The molecule has 0 bridgehead atoms. The third-order valence-corrected chi connectivity index (χ3v) is 8.79. The summed E-state index contributed by atoms with van der Waals surface area (Å²) in [5, 5.41) is 3.03. The van der Waals surface area contributed by atoms with Crippen LogP contribution in [0.3, 0.4) is 0 Å². The van der Waals surface area contributed by atoms with E-state index in [4.69, 9.17) is 5.73 Å². The number of aryl methyl sites for hydroxylation is 1. The first-order chi connectivity index (χ1) is 18.2. The summed E-state index contributed by atoms with van der Waals surface area (Å²) in [5.41, 5.74) is 8.54. The fourth-order valence-corrected chi connectivity index (χ4v) is 6.25. The van der Waals surface area contributed by atoms with Gasteiger partial charge in [0.1, 0.15) is 6.04 Å². The Labute approximate surface area is 225 Å². The summed E-state index contributed by atoms with van der Waals surface area (Å²) in [5.74, 6) is -0.0564. The lowest BCUT2D eigenvalue weighted by Gasteiger charge is -2.39. The Morgan fingerprint density at radius 1 is 1.03 bits per heavy atom. The number of nitrogens with two attached hydrogens (primary N) is 1. The summed E-state index contributed by atoms with van der Waals surface area (Å²) < 4.78 is 0. The number of fused-ring (bicyclic) bond motifs is 1. The first kappa shape index (κ1) is 26.4. The molecular formula is C31H40N4O3. The summed E-state index contributed by atoms with van der Waals surface area (Å²) in [4.78, 5) is 43.8. The number of piperidine rings is 1. The standard InChI is InChI=1S/C31H40N4O3/c1-30(2)24-11-6-7-12-26(24)35(29(30)38)23-15-19-34(20-16-23)28(37)25(14-13-22-9-4-3-5-10-22)33-27(36)21-31(32)17-8-18-31/h3-7,9-12,23,25H,8,13-21,32H2,1-2H3,(H,33,36)/t25-/m0/s1. The normalized spacial score (nSPS) is 21.0. The molecule has 38 heavy (non-hydrogen) atoms. The molecule has 2 aromatic rings. The molecule has 0 unspecified atom stereocenters. The second kappa shape index (κ2) is 10.5. The number of carbonyl (C=O) groups excluding carboxylic acids is 3. The van der Waals surface area contributed by atoms with Gasteiger partial charge < -0.3 is 20.9 Å². The highest BCUT2D eigenvalue weighted by Gasteiger charge is 2.47. The summed E-state index contributed by atoms with van der Waals surface area (Å²) in [6, 6.07) is 17.6. The molecule has 0 aromatic heterocycles. The highest BCUT2D eigenvalue weighted by molar-refractivity contribution is 6.08. The van der Waals surface area contributed by atoms with Crippen molar-refractivity contribution in [2.75, 3.05) is 18.0 Å². The molecule has 1 saturated carbocycles. The predicted molar refractivity (Wildman–Crippen MR) is 149 cm³/mol. The van der Waals surface area contributed by atoms with Gasteiger partial charge in [0.15, 0.2) is 0 Å². The number of hydrogen-bond acceptors (Lipinski definition) is 4. The van der Waals surface area contributed by atoms with Crippen molar-refractivity contribution in [2.24, 2.45) is 5.73 Å². The van der Waals surface area contributed by atoms with Crippen molar-refractivity contribution in [3.8, 4) is 0 Å². The van der Waals surface area contributed by atoms with Crippen LogP contribution in [0.5, 0.6) is 0 Å². The largest absolute Gasteiger partial charge is 0.344 e. The van der Waals surface area contributed by atoms with Crippen LogP contribution in [-0.4, -0.2) is 53.3 Å². The van der Waals surface area contributed by atoms with Crippen LogP contribution in [-0.2, 0) is 26.2 Å². The van der Waals surface area contributed by atoms with E-state index in [0.717, 1.165) is 36.1 Å². The van der Waals surface area contributed by atoms with Crippen LogP contribution in [0.15, 0.2) is 54.6 Å². The van der Waals surface area contributed by atoms with Crippen LogP contribution >= 0.6 is 0 Å². The van der Waals surface area contributed by atoms with Crippen molar-refractivity contribution in [3.63, 3.8) is 0 Å². The van der Waals surface area contributed by atoms with Gasteiger partial charge in [-0.05, 0) is 76.0 Å². The molecule has 1 atom stereocenters. The molecule has 0 spiro atoms. The predicted octanol–water partition coefficient (Wildman–Crippen LogP) is 3.69. The van der Waals surface area contributed by atoms with Gasteiger partial charge >= 0.3 is 0 Å². The number of carbonyl (C=O) groups is 3. The van der Waals surface area contributed by atoms with Crippen LogP contribution in [0.25, 0.3) is 0 Å². The number of likely N-dealkylation sites (tertiary alicyclic amines) is 1. The van der Waals surface area contributed by atoms with E-state index in [1.807, 2.05) is 78.2 Å². The Morgan fingerprint density at radius 3 is 2.34 bits per heavy atom. The molecule has 1 aliphatic carbocycles. The van der Waals surface area contributed by atoms with E-state index in [9.17, 15) is 14.4 Å². The maximum absolute atomic E-state index is 13.7. The van der Waals surface area contributed by atoms with Crippen LogP contribution in [0.1, 0.15) is 69.9 Å². The van der Waals surface area contributed by atoms with Gasteiger partial charge in [0.05, 0.1) is 5.41 Å². The minimum absolute atomic E-state index is 0.0408. The summed E-state index contributed by atoms with van der Waals surface area (Å²) in [6.45, 7) is 5.10. The molecule has 7 heteroatoms. The third kappa shape index (κ3) is 5.21. The van der Waals surface area contributed by atoms with E-state index in [-0.39, 0.29) is 30.2 Å². The molecule has 2 fully saturated rings. The molecule has 7 nitrogen and oxygen atoms in total. The minimum Gasteiger partial charge on any atom is -0.344 e. The highest BCUT2D eigenvalue weighted by atomic mass is 16.2. The van der Waals surface area contributed by atoms with Crippen LogP contribution in [0.2, 0.25) is 0 Å². The topological polar surface area (TPSA) is 95.7 Å². The number of hydrogen-bond donors (Lipinski definition) is 2. The van der Waals surface area contributed by atoms with Crippen molar-refractivity contribution in [2.45, 2.75) is 88.3 Å². The second-order valence-corrected chi connectivity index (χ2v) is 11.9. The number of rotatable bonds is 8. The zero-order valence-corrected chi connectivity index (χ0v) is 22.6. The molecule has 0 radical (unpaired) electrons. The van der Waals surface area contributed by atoms with Gasteiger partial charge in [-0.15, -0.1) is 0 Å². The SMILES string of the molecule is CC1(C)C(=O)N(C2CCN(C(=O)[C@H](CCc3ccccc3)NC(=O)CC3(N)CCC3)CC2)c2ccccc21. The van der Waals surface area contributed by atoms with Crippen molar-refractivity contribution in [1.29, 1.82) is 0 Å². The first-order valence-electron chi connectivity index (χ1n) is 14.0. The van der Waals surface area contributed by atoms with Gasteiger partial charge in [-0.3, -0.25) is 14.4 Å². The smallest absolute Gasteiger partial charge is 0.245 e. The van der Waals surface area contributed by atoms with Crippen LogP contribution < -0.4 is 16.0 Å². The van der Waals surface area contributed by atoms with Crippen molar-refractivity contribution in [1.82, 2.24) is 10.2 Å². The van der Waals surface area contributed by atoms with Crippen molar-refractivity contribution >= 4 is 23.4 Å². The van der Waals surface area contributed by atoms with E-state index < -0.39 is 17.0 Å². The molecule has 3 N–H and O–H groups in total. The van der Waals surface area contributed by atoms with E-state index in [1.165, 1.54) is 0 Å². The molecule has 2 heterocycles. The number of anilines is 1. The Hall–Kier alpha value is -3.19. The van der Waals surface area contributed by atoms with Gasteiger partial charge in [-0.25, -0.2) is 0 Å². The lowest BCUT2D eigenvalue weighted by atomic mass is 9.75. The second-order valence-electron chi connectivity index (χ2n) is 11.9. The Morgan fingerprint density at radius 2 is 1.68 bits per heavy atom. The molecule has 2 aromatic carbocycles. The number of nitrogens with one attached hydrogen (secondary N) is 1. The van der Waals surface area contributed by atoms with Gasteiger partial charge in [0.2, 0.25) is 17.7 Å². The van der Waals surface area contributed by atoms with E-state index in [1.54, 1.807) is 0 Å². The maximum atomic E-state index is 13.7. The summed E-state index contributed by atoms with van der Waals surface area (Å²) in [7, 11) is 0. The monoisotopic (exact) mass is 516 g/mol. The highest BCUT2D eigenvalue weighted by Crippen LogP contribution is 2.43. The molecular weight excluding hydrogens is 476 g/mol. The van der Waals surface area contributed by atoms with E-state index >= 15 is 0 Å². The number of nitrogens with zero attached hydrogens (tertiary/aromatic N) is 2. The zero-order valence-electron chi connectivity index (χ0n) is 22.6. The molecule has 1 saturated heterocycles. The summed E-state index contributed by atoms with van der Waals surface area (Å²) >= 11 is 0. The maximum Gasteiger partial charge on any atom is 0.245 e. The number of para-hydroxylation sites is 1. The Kier molecular flexibility index (Phi) is 7.32. The van der Waals surface area contributed by atoms with Crippen LogP contribution in [0, 0.1) is 0 Å². The third-order valence-electron chi connectivity index (χ3n) is 8.79. The van der Waals surface area contributed by atoms with Crippen molar-refractivity contribution < 1.29 is 14.4 Å². The van der Waals surface area contributed by atoms with E-state index in [2.05, 4.69) is 5.32 Å². The fourth-order valence-electron chi connectivity index (χ4n) is 6.25. The molecule has 3 aliphatic rings. The molecule has 2 aliphatic heterocycles. The number of benzene rings is 2. The zero-order chi connectivity index (χ0) is 26.9. The first-order valence-corrected chi connectivity index (χ1v) is 14.0. The average molecular weight is 517 g/mol. The van der Waals surface area contributed by atoms with Crippen LogP contribution in [0.4, 0.5) is 5.69 Å². The molecule has 5 rings (SSSR count). The lowest BCUT2D eigenvalue weighted by molar-refractivity contribution is -0.138. The van der Waals surface area contributed by atoms with Gasteiger partial charge in [-0.2, -0.15) is 0 Å². The van der Waals surface area contributed by atoms with Gasteiger partial charge in [0, 0.05) is 36.8 Å². The average Bonchev–Trinajstić information content (AvgIpc) is 3.11. The van der Waals surface area contributed by atoms with E-state index in [0.29, 0.717) is 38.8 Å². The minimum atomic E-state index is -0.587. The van der Waals surface area contributed by atoms with Gasteiger partial charge in [-0.1, -0.05) is 48.5 Å². The quantitative estimate of drug-likeness (QED) is 0.559. The van der Waals surface area contributed by atoms with Crippen molar-refractivity contribution in [3.05, 3.63) is 65.7 Å². The Balaban J connectivity index is 1.24.